The van der Waals surface area contributed by atoms with Gasteiger partial charge in [-0.05, 0) is 0 Å². The molecule has 0 spiro atoms. The molecule has 2 amide bonds. The van der Waals surface area contributed by atoms with Crippen molar-refractivity contribution < 1.29 is 9.53 Å². The third kappa shape index (κ3) is 1930. The molecule has 0 heterocycles. The van der Waals surface area contributed by atoms with Gasteiger partial charge in [0.15, 0.2) is 0 Å². The molecule has 0 atom stereocenters. The van der Waals surface area contributed by atoms with E-state index in [0.717, 1.165) is 0 Å². The fraction of sp³-hybridized carbons (Fsp3) is 0.250. The van der Waals surface area contributed by atoms with Crippen LogP contribution in [0.4, 0.5) is 4.79 Å². The maximum atomic E-state index is 9.00. The zero-order valence-electron chi connectivity index (χ0n) is 4.76. The molecule has 0 aromatic carbocycles. The molecule has 0 rings (SSSR count). The summed E-state index contributed by atoms with van der Waals surface area (Å²) in [5.41, 5.74) is 8.50. The minimum atomic E-state index is -0.833. The molecule has 0 aliphatic carbocycles. The lowest BCUT2D eigenvalue weighted by atomic mass is 11.2. The maximum Gasteiger partial charge on any atom is 0.309 e. The summed E-state index contributed by atoms with van der Waals surface area (Å²) in [6.45, 7) is 3.26. The normalized spacial score (nSPS) is 5.62. The van der Waals surface area contributed by atoms with Crippen LogP contribution in [0.2, 0.25) is 0 Å². The van der Waals surface area contributed by atoms with Crippen molar-refractivity contribution in [1.29, 1.82) is 0 Å². The van der Waals surface area contributed by atoms with Gasteiger partial charge in [-0.1, -0.05) is 6.58 Å². The van der Waals surface area contributed by atoms with Crippen LogP contribution >= 0.6 is 0 Å². The average Bonchev–Trinajstić information content (AvgIpc) is 1.65. The van der Waals surface area contributed by atoms with E-state index in [2.05, 4.69) is 22.8 Å². The summed E-state index contributed by atoms with van der Waals surface area (Å²) in [7, 11) is 1.56. The minimum absolute atomic E-state index is 0.833. The Bertz CT molecular complexity index is 68.4. The first kappa shape index (κ1) is 9.94. The summed E-state index contributed by atoms with van der Waals surface area (Å²) in [6, 6.07) is -0.833. The van der Waals surface area contributed by atoms with Crippen LogP contribution in [0.5, 0.6) is 0 Å². The van der Waals surface area contributed by atoms with Crippen LogP contribution in [-0.4, -0.2) is 13.1 Å². The van der Waals surface area contributed by atoms with Crippen LogP contribution in [0, 0.1) is 0 Å². The Kier molecular flexibility index (Phi) is 11.5. The number of nitrogens with two attached hydrogens (primary N) is 2. The van der Waals surface area contributed by atoms with Gasteiger partial charge in [-0.15, -0.1) is 0 Å². The molecule has 4 heteroatoms. The van der Waals surface area contributed by atoms with E-state index in [1.165, 1.54) is 6.26 Å². The third-order valence-corrected chi connectivity index (χ3v) is 0.167. The van der Waals surface area contributed by atoms with Gasteiger partial charge in [0.1, 0.15) is 0 Å². The average molecular weight is 118 g/mol. The molecule has 0 aliphatic rings. The van der Waals surface area contributed by atoms with Gasteiger partial charge in [0.25, 0.3) is 0 Å². The van der Waals surface area contributed by atoms with E-state index >= 15 is 0 Å². The number of carbonyl (C=O) groups excluding carboxylic acids is 1. The Morgan fingerprint density at radius 2 is 1.88 bits per heavy atom. The fourth-order valence-electron chi connectivity index (χ4n) is 0. The van der Waals surface area contributed by atoms with Gasteiger partial charge >= 0.3 is 6.03 Å². The summed E-state index contributed by atoms with van der Waals surface area (Å²) < 4.78 is 4.31. The van der Waals surface area contributed by atoms with E-state index in [9.17, 15) is 0 Å². The van der Waals surface area contributed by atoms with E-state index in [-0.39, 0.29) is 0 Å². The van der Waals surface area contributed by atoms with Gasteiger partial charge in [-0.3, -0.25) is 0 Å². The predicted molar refractivity (Wildman–Crippen MR) is 31.0 cm³/mol. The van der Waals surface area contributed by atoms with E-state index in [0.29, 0.717) is 0 Å². The Morgan fingerprint density at radius 3 is 1.88 bits per heavy atom. The highest BCUT2D eigenvalue weighted by Gasteiger charge is 1.60. The van der Waals surface area contributed by atoms with Crippen molar-refractivity contribution in [3.8, 4) is 0 Å². The highest BCUT2D eigenvalue weighted by Crippen LogP contribution is 1.52. The van der Waals surface area contributed by atoms with Crippen molar-refractivity contribution in [2.45, 2.75) is 0 Å². The second-order valence-electron chi connectivity index (χ2n) is 0.805. The predicted octanol–water partition coefficient (Wildman–Crippen LogP) is -0.200. The molecule has 8 heavy (non-hydrogen) atoms. The van der Waals surface area contributed by atoms with Gasteiger partial charge in [0.2, 0.25) is 0 Å². The zero-order chi connectivity index (χ0) is 6.99. The van der Waals surface area contributed by atoms with Crippen molar-refractivity contribution in [1.82, 2.24) is 0 Å². The van der Waals surface area contributed by atoms with Crippen LogP contribution in [0.1, 0.15) is 0 Å². The lowest BCUT2D eigenvalue weighted by Crippen LogP contribution is -2.18. The molecule has 0 saturated carbocycles. The summed E-state index contributed by atoms with van der Waals surface area (Å²) in [5, 5.41) is 0. The number of hydrogen-bond acceptors (Lipinski definition) is 2. The molecule has 4 nitrogen and oxygen atoms in total. The summed E-state index contributed by atoms with van der Waals surface area (Å²) in [5.74, 6) is 0. The number of urea groups is 1. The monoisotopic (exact) mass is 118 g/mol. The van der Waals surface area contributed by atoms with Gasteiger partial charge < -0.3 is 16.2 Å². The second-order valence-corrected chi connectivity index (χ2v) is 0.805. The van der Waals surface area contributed by atoms with Crippen LogP contribution in [0.25, 0.3) is 0 Å². The van der Waals surface area contributed by atoms with E-state index in [1.807, 2.05) is 0 Å². The van der Waals surface area contributed by atoms with E-state index in [4.69, 9.17) is 4.79 Å². The number of primary amides is 2. The van der Waals surface area contributed by atoms with E-state index < -0.39 is 6.03 Å². The fourth-order valence-corrected chi connectivity index (χ4v) is 0. The molecule has 0 radical (unpaired) electrons. The molecule has 4 N–H and O–H groups in total. The van der Waals surface area contributed by atoms with Gasteiger partial charge in [0.05, 0.1) is 13.4 Å². The molecule has 0 bridgehead atoms. The number of methoxy groups -OCH3 is 1. The van der Waals surface area contributed by atoms with Gasteiger partial charge in [0, 0.05) is 0 Å². The van der Waals surface area contributed by atoms with Crippen molar-refractivity contribution in [2.75, 3.05) is 7.11 Å². The molecule has 48 valence electrons. The first-order valence-corrected chi connectivity index (χ1v) is 1.83. The first-order chi connectivity index (χ1) is 3.65. The molecule has 0 saturated heterocycles. The van der Waals surface area contributed by atoms with Crippen LogP contribution < -0.4 is 11.5 Å². The van der Waals surface area contributed by atoms with Crippen molar-refractivity contribution in [3.05, 3.63) is 12.8 Å². The van der Waals surface area contributed by atoms with Gasteiger partial charge in [-0.25, -0.2) is 4.79 Å². The number of carbonyl (C=O) groups is 1. The number of rotatable bonds is 1. The Hall–Kier alpha value is -1.19. The number of amides is 2. The summed E-state index contributed by atoms with van der Waals surface area (Å²) >= 11 is 0. The summed E-state index contributed by atoms with van der Waals surface area (Å²) in [4.78, 5) is 9.00. The Labute approximate surface area is 48.1 Å². The molecule has 0 aromatic heterocycles. The number of ether oxygens (including phenoxy) is 1. The SMILES string of the molecule is C=COC.NC(N)=O. The second kappa shape index (κ2) is 9.26. The third-order valence-electron chi connectivity index (χ3n) is 0.167. The molecular weight excluding hydrogens is 108 g/mol. The number of hydrogen-bond donors (Lipinski definition) is 2. The zero-order valence-corrected chi connectivity index (χ0v) is 4.76. The quantitative estimate of drug-likeness (QED) is 0.467. The molecular formula is C4H10N2O2. The highest BCUT2D eigenvalue weighted by molar-refractivity contribution is 5.69. The van der Waals surface area contributed by atoms with Crippen molar-refractivity contribution in [3.63, 3.8) is 0 Å². The molecule has 0 unspecified atom stereocenters. The Morgan fingerprint density at radius 1 is 1.75 bits per heavy atom. The summed E-state index contributed by atoms with van der Waals surface area (Å²) in [6.07, 6.45) is 1.38. The van der Waals surface area contributed by atoms with Crippen LogP contribution in [0.15, 0.2) is 12.8 Å². The Balaban J connectivity index is 0. The smallest absolute Gasteiger partial charge is 0.309 e. The largest absolute Gasteiger partial charge is 0.505 e. The van der Waals surface area contributed by atoms with E-state index in [1.54, 1.807) is 7.11 Å². The minimum Gasteiger partial charge on any atom is -0.505 e. The van der Waals surface area contributed by atoms with Crippen molar-refractivity contribution >= 4 is 6.03 Å². The topological polar surface area (TPSA) is 78.3 Å². The molecule has 0 aliphatic heterocycles. The van der Waals surface area contributed by atoms with Crippen LogP contribution in [0.3, 0.4) is 0 Å². The molecule has 0 aromatic rings. The van der Waals surface area contributed by atoms with Crippen molar-refractivity contribution in [2.24, 2.45) is 11.5 Å². The van der Waals surface area contributed by atoms with Crippen LogP contribution in [-0.2, 0) is 4.74 Å². The first-order valence-electron chi connectivity index (χ1n) is 1.83. The van der Waals surface area contributed by atoms with Gasteiger partial charge in [-0.2, -0.15) is 0 Å². The lowest BCUT2D eigenvalue weighted by Gasteiger charge is -1.73. The molecule has 0 fully saturated rings. The lowest BCUT2D eigenvalue weighted by molar-refractivity contribution is 0.256. The standard InChI is InChI=1S/C3H6O.CH4N2O/c1-3-4-2;2-1(3)4/h3H,1H2,2H3;(H4,2,3,4). The highest BCUT2D eigenvalue weighted by atomic mass is 16.5. The maximum absolute atomic E-state index is 9.00.